The van der Waals surface area contributed by atoms with Crippen LogP contribution in [-0.2, 0) is 0 Å². The van der Waals surface area contributed by atoms with Gasteiger partial charge in [-0.05, 0) is 63.2 Å². The number of hydrogen-bond donors (Lipinski definition) is 0. The van der Waals surface area contributed by atoms with Crippen molar-refractivity contribution in [3.8, 4) is 5.75 Å². The quantitative estimate of drug-likeness (QED) is 0.761. The van der Waals surface area contributed by atoms with Crippen molar-refractivity contribution in [2.24, 2.45) is 5.92 Å². The summed E-state index contributed by atoms with van der Waals surface area (Å²) in [5.74, 6) is 2.03. The Balaban J connectivity index is 0.00000133. The molecule has 0 radical (unpaired) electrons. The number of ether oxygens (including phenoxy) is 1. The van der Waals surface area contributed by atoms with E-state index in [0.717, 1.165) is 24.3 Å². The van der Waals surface area contributed by atoms with Crippen molar-refractivity contribution in [2.45, 2.75) is 38.1 Å². The maximum atomic E-state index is 5.76. The van der Waals surface area contributed by atoms with Crippen LogP contribution in [0.2, 0.25) is 0 Å². The summed E-state index contributed by atoms with van der Waals surface area (Å²) in [4.78, 5) is 2.70. The lowest BCUT2D eigenvalue weighted by Crippen LogP contribution is -2.48. The van der Waals surface area contributed by atoms with E-state index < -0.39 is 0 Å². The largest absolute Gasteiger partial charge is 0.494 e. The molecule has 0 aromatic heterocycles. The molecule has 106 valence electrons. The maximum Gasteiger partial charge on any atom is 0.119 e. The average molecular weight is 326 g/mol. The second-order valence-corrected chi connectivity index (χ2v) is 5.67. The molecule has 1 aromatic rings. The van der Waals surface area contributed by atoms with Crippen LogP contribution in [0.4, 0.5) is 0 Å². The van der Waals surface area contributed by atoms with Gasteiger partial charge < -0.3 is 9.64 Å². The van der Waals surface area contributed by atoms with E-state index in [-0.39, 0.29) is 17.0 Å². The van der Waals surface area contributed by atoms with Gasteiger partial charge in [-0.2, -0.15) is 0 Å². The molecule has 0 amide bonds. The fourth-order valence-electron chi connectivity index (χ4n) is 3.41. The summed E-state index contributed by atoms with van der Waals surface area (Å²) in [7, 11) is 0. The van der Waals surface area contributed by atoms with Gasteiger partial charge in [0.1, 0.15) is 5.75 Å². The van der Waals surface area contributed by atoms with Crippen molar-refractivity contribution < 1.29 is 4.74 Å². The zero-order valence-corrected chi connectivity index (χ0v) is 13.2. The van der Waals surface area contributed by atoms with E-state index in [1.165, 1.54) is 45.2 Å². The molecule has 3 aliphatic heterocycles. The highest BCUT2D eigenvalue weighted by Gasteiger charge is 2.32. The first-order valence-electron chi connectivity index (χ1n) is 7.34. The lowest BCUT2D eigenvalue weighted by Gasteiger charge is -2.45. The zero-order chi connectivity index (χ0) is 12.2. The molecule has 4 rings (SSSR count). The fourth-order valence-corrected chi connectivity index (χ4v) is 3.41. The smallest absolute Gasteiger partial charge is 0.119 e. The van der Waals surface area contributed by atoms with Gasteiger partial charge in [-0.1, -0.05) is 18.2 Å². The third-order valence-corrected chi connectivity index (χ3v) is 4.46. The topological polar surface area (TPSA) is 12.5 Å². The first-order valence-corrected chi connectivity index (χ1v) is 7.34. The van der Waals surface area contributed by atoms with Gasteiger partial charge in [0.2, 0.25) is 0 Å². The molecule has 19 heavy (non-hydrogen) atoms. The second kappa shape index (κ2) is 7.30. The summed E-state index contributed by atoms with van der Waals surface area (Å²) >= 11 is 0. The van der Waals surface area contributed by atoms with E-state index in [0.29, 0.717) is 0 Å². The molecule has 0 aliphatic carbocycles. The van der Waals surface area contributed by atoms with Crippen molar-refractivity contribution in [2.75, 3.05) is 19.7 Å². The fraction of sp³-hybridized carbons (Fsp3) is 0.625. The van der Waals surface area contributed by atoms with Gasteiger partial charge in [-0.25, -0.2) is 0 Å². The third-order valence-electron chi connectivity index (χ3n) is 4.46. The van der Waals surface area contributed by atoms with Gasteiger partial charge in [0.15, 0.2) is 0 Å². The van der Waals surface area contributed by atoms with Gasteiger partial charge in [0.05, 0.1) is 6.61 Å². The Morgan fingerprint density at radius 2 is 1.84 bits per heavy atom. The Morgan fingerprint density at radius 1 is 1.11 bits per heavy atom. The molecule has 0 N–H and O–H groups in total. The highest BCUT2D eigenvalue weighted by atomic mass is 79.9. The molecule has 3 heteroatoms. The van der Waals surface area contributed by atoms with E-state index in [1.54, 1.807) is 0 Å². The van der Waals surface area contributed by atoms with Crippen LogP contribution in [0.3, 0.4) is 0 Å². The normalized spacial score (nSPS) is 28.7. The van der Waals surface area contributed by atoms with E-state index in [4.69, 9.17) is 4.74 Å². The predicted molar refractivity (Wildman–Crippen MR) is 84.2 cm³/mol. The van der Waals surface area contributed by atoms with Crippen molar-refractivity contribution in [1.82, 2.24) is 4.90 Å². The molecule has 1 unspecified atom stereocenters. The van der Waals surface area contributed by atoms with Crippen LogP contribution in [0.1, 0.15) is 32.1 Å². The van der Waals surface area contributed by atoms with Crippen molar-refractivity contribution in [3.63, 3.8) is 0 Å². The summed E-state index contributed by atoms with van der Waals surface area (Å²) in [6.45, 7) is 3.54. The number of para-hydroxylation sites is 1. The number of halogens is 1. The zero-order valence-electron chi connectivity index (χ0n) is 11.5. The van der Waals surface area contributed by atoms with Crippen LogP contribution in [0.25, 0.3) is 0 Å². The molecule has 2 nitrogen and oxygen atoms in total. The van der Waals surface area contributed by atoms with Gasteiger partial charge in [0.25, 0.3) is 0 Å². The number of piperidine rings is 3. The Morgan fingerprint density at radius 3 is 2.47 bits per heavy atom. The standard InChI is InChI=1S/C16H23NO.BrH/c1-2-6-16(7-3-1)18-12-4-5-15-13-14-8-10-17(15)11-9-14;/h1-3,6-7,14-15H,4-5,8-13H2;1H. The lowest BCUT2D eigenvalue weighted by molar-refractivity contribution is 0.0422. The average Bonchev–Trinajstić information content (AvgIpc) is 2.46. The molecule has 3 fully saturated rings. The van der Waals surface area contributed by atoms with Crippen LogP contribution in [0, 0.1) is 5.92 Å². The number of hydrogen-bond acceptors (Lipinski definition) is 2. The number of benzene rings is 1. The molecule has 0 spiro atoms. The first-order chi connectivity index (χ1) is 8.92. The summed E-state index contributed by atoms with van der Waals surface area (Å²) in [6, 6.07) is 11.0. The molecule has 2 bridgehead atoms. The predicted octanol–water partition coefficient (Wildman–Crippen LogP) is 3.91. The minimum absolute atomic E-state index is 0. The minimum atomic E-state index is 0. The van der Waals surface area contributed by atoms with Crippen LogP contribution in [0.5, 0.6) is 5.75 Å². The summed E-state index contributed by atoms with van der Waals surface area (Å²) in [5, 5.41) is 0. The SMILES string of the molecule is Br.c1ccc(OCCCC2CC3CCN2CC3)cc1. The first kappa shape index (κ1) is 14.9. The third kappa shape index (κ3) is 3.96. The minimum Gasteiger partial charge on any atom is -0.494 e. The van der Waals surface area contributed by atoms with Gasteiger partial charge in [-0.3, -0.25) is 0 Å². The molecular weight excluding hydrogens is 302 g/mol. The highest BCUT2D eigenvalue weighted by molar-refractivity contribution is 8.93. The van der Waals surface area contributed by atoms with Crippen LogP contribution in [0.15, 0.2) is 30.3 Å². The van der Waals surface area contributed by atoms with E-state index in [9.17, 15) is 0 Å². The molecule has 1 aromatic carbocycles. The Kier molecular flexibility index (Phi) is 5.71. The maximum absolute atomic E-state index is 5.76. The van der Waals surface area contributed by atoms with E-state index in [2.05, 4.69) is 4.90 Å². The summed E-state index contributed by atoms with van der Waals surface area (Å²) < 4.78 is 5.76. The number of fused-ring (bicyclic) bond motifs is 3. The van der Waals surface area contributed by atoms with E-state index >= 15 is 0 Å². The summed E-state index contributed by atoms with van der Waals surface area (Å²) in [5.41, 5.74) is 0. The van der Waals surface area contributed by atoms with Gasteiger partial charge in [-0.15, -0.1) is 17.0 Å². The Hall–Kier alpha value is -0.540. The molecule has 3 saturated heterocycles. The van der Waals surface area contributed by atoms with Crippen molar-refractivity contribution in [3.05, 3.63) is 30.3 Å². The summed E-state index contributed by atoms with van der Waals surface area (Å²) in [6.07, 6.45) is 6.81. The number of rotatable bonds is 5. The number of nitrogens with zero attached hydrogens (tertiary/aromatic N) is 1. The molecular formula is C16H24BrNO. The van der Waals surface area contributed by atoms with E-state index in [1.807, 2.05) is 30.3 Å². The van der Waals surface area contributed by atoms with Gasteiger partial charge >= 0.3 is 0 Å². The van der Waals surface area contributed by atoms with Crippen LogP contribution in [-0.4, -0.2) is 30.6 Å². The Bertz CT molecular complexity index is 362. The lowest BCUT2D eigenvalue weighted by atomic mass is 9.82. The second-order valence-electron chi connectivity index (χ2n) is 5.67. The molecule has 3 heterocycles. The highest BCUT2D eigenvalue weighted by Crippen LogP contribution is 2.33. The van der Waals surface area contributed by atoms with Gasteiger partial charge in [0, 0.05) is 6.04 Å². The molecule has 1 atom stereocenters. The molecule has 3 aliphatic rings. The van der Waals surface area contributed by atoms with Crippen molar-refractivity contribution >= 4 is 17.0 Å². The monoisotopic (exact) mass is 325 g/mol. The molecule has 0 saturated carbocycles. The Labute approximate surface area is 126 Å². The van der Waals surface area contributed by atoms with Crippen LogP contribution < -0.4 is 4.74 Å². The van der Waals surface area contributed by atoms with Crippen molar-refractivity contribution in [1.29, 1.82) is 0 Å². The van der Waals surface area contributed by atoms with Crippen LogP contribution >= 0.6 is 17.0 Å².